The van der Waals surface area contributed by atoms with Crippen molar-refractivity contribution in [1.82, 2.24) is 0 Å². The molecule has 0 aliphatic carbocycles. The van der Waals surface area contributed by atoms with Crippen LogP contribution in [0, 0.1) is 0 Å². The van der Waals surface area contributed by atoms with E-state index in [1.54, 1.807) is 0 Å². The lowest BCUT2D eigenvalue weighted by molar-refractivity contribution is -0.120. The van der Waals surface area contributed by atoms with Gasteiger partial charge >= 0.3 is 0 Å². The lowest BCUT2D eigenvalue weighted by Crippen LogP contribution is -1.49. The fourth-order valence-corrected chi connectivity index (χ4v) is 0. The van der Waals surface area contributed by atoms with Gasteiger partial charge in [-0.2, -0.15) is 4.67 Å². The van der Waals surface area contributed by atoms with Crippen molar-refractivity contribution in [2.45, 2.75) is 0 Å². The summed E-state index contributed by atoms with van der Waals surface area (Å²) in [6.45, 7) is 0. The van der Waals surface area contributed by atoms with E-state index >= 15 is 0 Å². The zero-order valence-corrected chi connectivity index (χ0v) is 4.65. The highest BCUT2D eigenvalue weighted by atomic mass is 32.7. The zero-order chi connectivity index (χ0) is 4.28. The van der Waals surface area contributed by atoms with Crippen LogP contribution in [0.1, 0.15) is 0 Å². The minimum atomic E-state index is -1.38. The monoisotopic (exact) mass is 128 g/mol. The van der Waals surface area contributed by atoms with E-state index in [9.17, 15) is 0 Å². The average Bonchev–Trinajstić information content (AvgIpc) is 1.38. The molecule has 0 unspecified atom stereocenters. The van der Waals surface area contributed by atoms with Crippen molar-refractivity contribution in [3.05, 3.63) is 0 Å². The van der Waals surface area contributed by atoms with Crippen LogP contribution in [0.4, 0.5) is 0 Å². The Morgan fingerprint density at radius 3 is 1.80 bits per heavy atom. The Bertz CT molecular complexity index is 65.7. The maximum atomic E-state index is 7.46. The first-order chi connectivity index (χ1) is 2.27. The summed E-state index contributed by atoms with van der Waals surface area (Å²) in [5, 5.41) is 7.46. The summed E-state index contributed by atoms with van der Waals surface area (Å²) >= 11 is 8.38. The third-order valence-electron chi connectivity index (χ3n) is 0.0667. The molecule has 30 valence electrons. The van der Waals surface area contributed by atoms with Crippen LogP contribution in [-0.4, -0.2) is 5.26 Å². The van der Waals surface area contributed by atoms with Crippen LogP contribution in [0.25, 0.3) is 0 Å². The van der Waals surface area contributed by atoms with E-state index in [0.29, 0.717) is 0 Å². The first kappa shape index (κ1) is 5.66. The van der Waals surface area contributed by atoms with E-state index in [1.807, 2.05) is 0 Å². The third-order valence-corrected chi connectivity index (χ3v) is 0.600. The van der Waals surface area contributed by atoms with E-state index in [4.69, 9.17) is 5.26 Å². The highest BCUT2D eigenvalue weighted by Crippen LogP contribution is 1.99. The van der Waals surface area contributed by atoms with Crippen LogP contribution >= 0.6 is 5.70 Å². The van der Waals surface area contributed by atoms with Crippen molar-refractivity contribution in [2.24, 2.45) is 0 Å². The molecule has 2 nitrogen and oxygen atoms in total. The van der Waals surface area contributed by atoms with E-state index in [0.717, 1.165) is 0 Å². The minimum Gasteiger partial charge on any atom is -0.242 e. The van der Waals surface area contributed by atoms with Crippen molar-refractivity contribution >= 4 is 29.3 Å². The first-order valence-electron chi connectivity index (χ1n) is 0.730. The molecule has 0 bridgehead atoms. The molecule has 0 saturated carbocycles. The van der Waals surface area contributed by atoms with E-state index < -0.39 is 5.70 Å². The highest BCUT2D eigenvalue weighted by molar-refractivity contribution is 8.23. The van der Waals surface area contributed by atoms with Gasteiger partial charge in [0.25, 0.3) is 0 Å². The first-order valence-corrected chi connectivity index (χ1v) is 4.02. The number of hydrogen-bond donors (Lipinski definition) is 1. The topological polar surface area (TPSA) is 29.5 Å². The molecule has 0 spiro atoms. The van der Waals surface area contributed by atoms with Crippen molar-refractivity contribution in [2.75, 3.05) is 0 Å². The predicted molar refractivity (Wildman–Crippen MR) is 25.4 cm³/mol. The molecular formula is HO2PS2. The highest BCUT2D eigenvalue weighted by Gasteiger charge is 1.61. The van der Waals surface area contributed by atoms with E-state index in [1.165, 1.54) is 0 Å². The molecule has 1 N–H and O–H groups in total. The van der Waals surface area contributed by atoms with Gasteiger partial charge in [0.1, 0.15) is 0 Å². The molecule has 0 saturated heterocycles. The van der Waals surface area contributed by atoms with Gasteiger partial charge in [-0.25, -0.2) is 5.26 Å². The molecule has 0 aromatic carbocycles. The second-order valence-corrected chi connectivity index (χ2v) is 3.60. The van der Waals surface area contributed by atoms with Crippen LogP contribution in [0.3, 0.4) is 0 Å². The summed E-state index contributed by atoms with van der Waals surface area (Å²) in [4.78, 5) is 0. The predicted octanol–water partition coefficient (Wildman–Crippen LogP) is 0.797. The van der Waals surface area contributed by atoms with E-state index in [-0.39, 0.29) is 0 Å². The molecule has 0 amide bonds. The average molecular weight is 128 g/mol. The van der Waals surface area contributed by atoms with Gasteiger partial charge in [-0.15, -0.1) is 0 Å². The molecule has 0 aromatic heterocycles. The normalized spacial score (nSPS) is 7.40. The minimum absolute atomic E-state index is 1.38. The maximum Gasteiger partial charge on any atom is 0.185 e. The fourth-order valence-electron chi connectivity index (χ4n) is 0. The van der Waals surface area contributed by atoms with Crippen molar-refractivity contribution in [3.63, 3.8) is 0 Å². The molecule has 0 aliphatic heterocycles. The number of rotatable bonds is 1. The fraction of sp³-hybridized carbons (Fsp3) is 0. The molecular weight excluding hydrogens is 127 g/mol. The molecule has 0 radical (unpaired) electrons. The Hall–Kier alpha value is 0.660. The summed E-state index contributed by atoms with van der Waals surface area (Å²) in [5.74, 6) is 0. The van der Waals surface area contributed by atoms with Gasteiger partial charge in [0.05, 0.1) is 0 Å². The zero-order valence-electron chi connectivity index (χ0n) is 2.12. The lowest BCUT2D eigenvalue weighted by atomic mass is 15.0. The summed E-state index contributed by atoms with van der Waals surface area (Å²) in [6.07, 6.45) is 0. The smallest absolute Gasteiger partial charge is 0.185 e. The van der Waals surface area contributed by atoms with Gasteiger partial charge in [0.2, 0.25) is 0 Å². The molecule has 5 heteroatoms. The standard InChI is InChI=1S/HO2PS2/c1-2-3(4)5/h1H. The Kier molecular flexibility index (Phi) is 3.25. The van der Waals surface area contributed by atoms with Gasteiger partial charge in [0.15, 0.2) is 5.70 Å². The van der Waals surface area contributed by atoms with Gasteiger partial charge < -0.3 is 0 Å². The van der Waals surface area contributed by atoms with Crippen molar-refractivity contribution < 1.29 is 9.93 Å². The van der Waals surface area contributed by atoms with Crippen LogP contribution in [0.5, 0.6) is 0 Å². The Labute approximate surface area is 39.9 Å². The largest absolute Gasteiger partial charge is 0.242 e. The van der Waals surface area contributed by atoms with Crippen LogP contribution in [0.15, 0.2) is 0 Å². The molecule has 0 heterocycles. The SMILES string of the molecule is OOP(=S)=S. The summed E-state index contributed by atoms with van der Waals surface area (Å²) < 4.78 is 3.44. The Balaban J connectivity index is 3.23. The van der Waals surface area contributed by atoms with Gasteiger partial charge in [-0.05, 0) is 23.6 Å². The summed E-state index contributed by atoms with van der Waals surface area (Å²) in [5.41, 5.74) is -1.38. The molecule has 0 atom stereocenters. The molecule has 0 aliphatic rings. The van der Waals surface area contributed by atoms with Gasteiger partial charge in [0, 0.05) is 0 Å². The third kappa shape index (κ3) is 4.66. The van der Waals surface area contributed by atoms with Crippen molar-refractivity contribution in [1.29, 1.82) is 0 Å². The second kappa shape index (κ2) is 2.87. The quantitative estimate of drug-likeness (QED) is 0.321. The molecule has 0 rings (SSSR count). The van der Waals surface area contributed by atoms with Crippen LogP contribution in [-0.2, 0) is 28.3 Å². The molecule has 5 heavy (non-hydrogen) atoms. The lowest BCUT2D eigenvalue weighted by Gasteiger charge is -1.67. The Morgan fingerprint density at radius 1 is 1.60 bits per heavy atom. The summed E-state index contributed by atoms with van der Waals surface area (Å²) in [7, 11) is 0. The Morgan fingerprint density at radius 2 is 1.80 bits per heavy atom. The van der Waals surface area contributed by atoms with Gasteiger partial charge in [-0.3, -0.25) is 0 Å². The molecule has 0 fully saturated rings. The van der Waals surface area contributed by atoms with Crippen molar-refractivity contribution in [3.8, 4) is 0 Å². The second-order valence-electron chi connectivity index (χ2n) is 0.305. The van der Waals surface area contributed by atoms with E-state index in [2.05, 4.69) is 28.3 Å². The van der Waals surface area contributed by atoms with Crippen LogP contribution in [0.2, 0.25) is 0 Å². The van der Waals surface area contributed by atoms with Crippen LogP contribution < -0.4 is 0 Å². The maximum absolute atomic E-state index is 7.46. The molecule has 0 aromatic rings. The van der Waals surface area contributed by atoms with Gasteiger partial charge in [-0.1, -0.05) is 0 Å². The number of hydrogen-bond acceptors (Lipinski definition) is 4. The summed E-state index contributed by atoms with van der Waals surface area (Å²) in [6, 6.07) is 0.